The van der Waals surface area contributed by atoms with E-state index in [2.05, 4.69) is 30.3 Å². The molecule has 2 rings (SSSR count). The average Bonchev–Trinajstić information content (AvgIpc) is 2.67. The zero-order chi connectivity index (χ0) is 13.4. The molecule has 0 aliphatic heterocycles. The molecule has 3 nitrogen and oxygen atoms in total. The smallest absolute Gasteiger partial charge is 0.112 e. The van der Waals surface area contributed by atoms with Crippen LogP contribution in [0.5, 0.6) is 0 Å². The number of rotatable bonds is 3. The summed E-state index contributed by atoms with van der Waals surface area (Å²) in [6.45, 7) is 6.87. The van der Waals surface area contributed by atoms with Crippen molar-refractivity contribution in [1.29, 1.82) is 0 Å². The molecule has 1 unspecified atom stereocenters. The highest BCUT2D eigenvalue weighted by atomic mass is 35.5. The van der Waals surface area contributed by atoms with Crippen molar-refractivity contribution in [3.05, 3.63) is 28.0 Å². The molecule has 0 amide bonds. The molecule has 1 aromatic heterocycles. The molecule has 0 saturated carbocycles. The van der Waals surface area contributed by atoms with Gasteiger partial charge in [0.05, 0.1) is 21.1 Å². The Labute approximate surface area is 117 Å². The number of imidazole rings is 1. The van der Waals surface area contributed by atoms with Crippen LogP contribution in [-0.4, -0.2) is 16.1 Å². The zero-order valence-electron chi connectivity index (χ0n) is 10.7. The Morgan fingerprint density at radius 2 is 1.83 bits per heavy atom. The fourth-order valence-electron chi connectivity index (χ4n) is 2.08. The van der Waals surface area contributed by atoms with Gasteiger partial charge in [-0.3, -0.25) is 0 Å². The van der Waals surface area contributed by atoms with Gasteiger partial charge in [0, 0.05) is 18.5 Å². The van der Waals surface area contributed by atoms with E-state index in [-0.39, 0.29) is 6.04 Å². The minimum Gasteiger partial charge on any atom is -0.328 e. The molecule has 0 aliphatic carbocycles. The fourth-order valence-corrected chi connectivity index (χ4v) is 2.40. The molecule has 1 heterocycles. The van der Waals surface area contributed by atoms with Crippen molar-refractivity contribution in [3.8, 4) is 0 Å². The molecular formula is C13H17Cl2N3. The van der Waals surface area contributed by atoms with Crippen LogP contribution >= 0.6 is 23.2 Å². The SMILES string of the molecule is CC(C)c1nc2cc(Cl)c(Cl)cc2n1C(C)CN. The van der Waals surface area contributed by atoms with Gasteiger partial charge in [-0.25, -0.2) is 4.98 Å². The number of hydrogen-bond acceptors (Lipinski definition) is 2. The zero-order valence-corrected chi connectivity index (χ0v) is 12.3. The summed E-state index contributed by atoms with van der Waals surface area (Å²) >= 11 is 12.1. The Bertz CT molecular complexity index is 575. The van der Waals surface area contributed by atoms with Gasteiger partial charge < -0.3 is 10.3 Å². The van der Waals surface area contributed by atoms with Crippen LogP contribution in [0.2, 0.25) is 10.0 Å². The highest BCUT2D eigenvalue weighted by Crippen LogP contribution is 2.31. The summed E-state index contributed by atoms with van der Waals surface area (Å²) in [4.78, 5) is 4.65. The maximum atomic E-state index is 6.09. The largest absolute Gasteiger partial charge is 0.328 e. The van der Waals surface area contributed by atoms with Gasteiger partial charge in [-0.2, -0.15) is 0 Å². The lowest BCUT2D eigenvalue weighted by molar-refractivity contribution is 0.533. The van der Waals surface area contributed by atoms with Crippen molar-refractivity contribution in [1.82, 2.24) is 9.55 Å². The third kappa shape index (κ3) is 2.22. The summed E-state index contributed by atoms with van der Waals surface area (Å²) in [7, 11) is 0. The highest BCUT2D eigenvalue weighted by Gasteiger charge is 2.18. The second kappa shape index (κ2) is 5.08. The first-order valence-corrected chi connectivity index (χ1v) is 6.78. The Morgan fingerprint density at radius 3 is 2.39 bits per heavy atom. The van der Waals surface area contributed by atoms with E-state index in [9.17, 15) is 0 Å². The topological polar surface area (TPSA) is 43.8 Å². The number of halogens is 2. The minimum absolute atomic E-state index is 0.185. The Hall–Kier alpha value is -0.770. The van der Waals surface area contributed by atoms with Gasteiger partial charge in [-0.1, -0.05) is 37.0 Å². The van der Waals surface area contributed by atoms with Crippen LogP contribution in [0.4, 0.5) is 0 Å². The van der Waals surface area contributed by atoms with Gasteiger partial charge in [0.1, 0.15) is 5.82 Å². The first kappa shape index (κ1) is 13.7. The molecule has 5 heteroatoms. The number of nitrogens with zero attached hydrogens (tertiary/aromatic N) is 2. The lowest BCUT2D eigenvalue weighted by Gasteiger charge is -2.17. The molecule has 18 heavy (non-hydrogen) atoms. The number of nitrogens with two attached hydrogens (primary N) is 1. The molecule has 0 saturated heterocycles. The molecule has 1 atom stereocenters. The van der Waals surface area contributed by atoms with Gasteiger partial charge in [-0.15, -0.1) is 0 Å². The summed E-state index contributed by atoms with van der Waals surface area (Å²) < 4.78 is 2.15. The maximum absolute atomic E-state index is 6.09. The molecule has 98 valence electrons. The van der Waals surface area contributed by atoms with Gasteiger partial charge in [0.2, 0.25) is 0 Å². The molecular weight excluding hydrogens is 269 g/mol. The lowest BCUT2D eigenvalue weighted by Crippen LogP contribution is -2.18. The van der Waals surface area contributed by atoms with Crippen LogP contribution in [0.25, 0.3) is 11.0 Å². The van der Waals surface area contributed by atoms with Crippen LogP contribution in [0.15, 0.2) is 12.1 Å². The van der Waals surface area contributed by atoms with Crippen molar-refractivity contribution < 1.29 is 0 Å². The molecule has 0 radical (unpaired) electrons. The highest BCUT2D eigenvalue weighted by molar-refractivity contribution is 6.42. The summed E-state index contributed by atoms with van der Waals surface area (Å²) in [5.74, 6) is 1.34. The molecule has 2 N–H and O–H groups in total. The van der Waals surface area contributed by atoms with Crippen molar-refractivity contribution in [2.75, 3.05) is 6.54 Å². The van der Waals surface area contributed by atoms with Crippen LogP contribution in [0, 0.1) is 0 Å². The van der Waals surface area contributed by atoms with Crippen LogP contribution < -0.4 is 5.73 Å². The first-order chi connectivity index (χ1) is 8.45. The van der Waals surface area contributed by atoms with Crippen molar-refractivity contribution >= 4 is 34.2 Å². The van der Waals surface area contributed by atoms with E-state index in [0.29, 0.717) is 22.5 Å². The van der Waals surface area contributed by atoms with Crippen LogP contribution in [0.1, 0.15) is 38.6 Å². The van der Waals surface area contributed by atoms with Gasteiger partial charge in [-0.05, 0) is 19.1 Å². The van der Waals surface area contributed by atoms with Gasteiger partial charge in [0.25, 0.3) is 0 Å². The van der Waals surface area contributed by atoms with Gasteiger partial charge in [0.15, 0.2) is 0 Å². The van der Waals surface area contributed by atoms with E-state index in [0.717, 1.165) is 16.9 Å². The molecule has 1 aromatic carbocycles. The molecule has 0 bridgehead atoms. The quantitative estimate of drug-likeness (QED) is 0.927. The Morgan fingerprint density at radius 1 is 1.22 bits per heavy atom. The fraction of sp³-hybridized carbons (Fsp3) is 0.462. The third-order valence-corrected chi connectivity index (χ3v) is 3.78. The van der Waals surface area contributed by atoms with Gasteiger partial charge >= 0.3 is 0 Å². The van der Waals surface area contributed by atoms with Crippen molar-refractivity contribution in [3.63, 3.8) is 0 Å². The van der Waals surface area contributed by atoms with Crippen LogP contribution in [-0.2, 0) is 0 Å². The summed E-state index contributed by atoms with van der Waals surface area (Å²) in [5, 5.41) is 1.08. The average molecular weight is 286 g/mol. The Balaban J connectivity index is 2.77. The van der Waals surface area contributed by atoms with Crippen LogP contribution in [0.3, 0.4) is 0 Å². The van der Waals surface area contributed by atoms with E-state index in [4.69, 9.17) is 28.9 Å². The second-order valence-electron chi connectivity index (χ2n) is 4.83. The predicted molar refractivity (Wildman–Crippen MR) is 77.6 cm³/mol. The molecule has 0 fully saturated rings. The lowest BCUT2D eigenvalue weighted by atomic mass is 10.2. The van der Waals surface area contributed by atoms with Crippen molar-refractivity contribution in [2.45, 2.75) is 32.7 Å². The number of benzene rings is 1. The summed E-state index contributed by atoms with van der Waals surface area (Å²) in [6, 6.07) is 3.86. The van der Waals surface area contributed by atoms with Crippen molar-refractivity contribution in [2.24, 2.45) is 5.73 Å². The summed E-state index contributed by atoms with van der Waals surface area (Å²) in [5.41, 5.74) is 7.64. The number of fused-ring (bicyclic) bond motifs is 1. The van der Waals surface area contributed by atoms with E-state index < -0.39 is 0 Å². The minimum atomic E-state index is 0.185. The van der Waals surface area contributed by atoms with E-state index >= 15 is 0 Å². The standard InChI is InChI=1S/C13H17Cl2N3/c1-7(2)13-17-11-4-9(14)10(15)5-12(11)18(13)8(3)6-16/h4-5,7-8H,6,16H2,1-3H3. The monoisotopic (exact) mass is 285 g/mol. The first-order valence-electron chi connectivity index (χ1n) is 6.02. The third-order valence-electron chi connectivity index (χ3n) is 3.06. The second-order valence-corrected chi connectivity index (χ2v) is 5.65. The number of aromatic nitrogens is 2. The molecule has 2 aromatic rings. The Kier molecular flexibility index (Phi) is 3.85. The predicted octanol–water partition coefficient (Wildman–Crippen LogP) is 3.99. The maximum Gasteiger partial charge on any atom is 0.112 e. The van der Waals surface area contributed by atoms with E-state index in [1.165, 1.54) is 0 Å². The van der Waals surface area contributed by atoms with E-state index in [1.807, 2.05) is 12.1 Å². The normalized spacial score (nSPS) is 13.5. The molecule has 0 aliphatic rings. The van der Waals surface area contributed by atoms with E-state index in [1.54, 1.807) is 0 Å². The number of hydrogen-bond donors (Lipinski definition) is 1. The summed E-state index contributed by atoms with van der Waals surface area (Å²) in [6.07, 6.45) is 0. The molecule has 0 spiro atoms.